The van der Waals surface area contributed by atoms with Gasteiger partial charge in [0, 0.05) is 18.5 Å². The van der Waals surface area contributed by atoms with Gasteiger partial charge < -0.3 is 9.73 Å². The summed E-state index contributed by atoms with van der Waals surface area (Å²) < 4.78 is 7.51. The zero-order valence-corrected chi connectivity index (χ0v) is 16.6. The average molecular weight is 409 g/mol. The highest BCUT2D eigenvalue weighted by Crippen LogP contribution is 2.19. The van der Waals surface area contributed by atoms with E-state index < -0.39 is 0 Å². The molecule has 5 rings (SSSR count). The maximum atomic E-state index is 12.6. The van der Waals surface area contributed by atoms with Crippen molar-refractivity contribution in [2.45, 2.75) is 13.0 Å². The third-order valence-electron chi connectivity index (χ3n) is 4.96. The molecular weight excluding hydrogens is 390 g/mol. The van der Waals surface area contributed by atoms with Crippen molar-refractivity contribution in [2.24, 2.45) is 0 Å². The number of rotatable bonds is 6. The van der Waals surface area contributed by atoms with Crippen LogP contribution in [0, 0.1) is 0 Å². The Morgan fingerprint density at radius 2 is 1.81 bits per heavy atom. The highest BCUT2D eigenvalue weighted by atomic mass is 16.3. The first-order valence-electron chi connectivity index (χ1n) is 9.90. The molecule has 0 radical (unpaired) electrons. The van der Waals surface area contributed by atoms with E-state index in [1.54, 1.807) is 29.2 Å². The van der Waals surface area contributed by atoms with Crippen molar-refractivity contribution in [1.82, 2.24) is 25.1 Å². The van der Waals surface area contributed by atoms with Crippen molar-refractivity contribution in [3.63, 3.8) is 0 Å². The Hall–Kier alpha value is -4.26. The fourth-order valence-electron chi connectivity index (χ4n) is 3.35. The lowest BCUT2D eigenvalue weighted by atomic mass is 10.1. The standard InChI is InChI=1S/C24H19N5O2/c30-24(26-14-18-6-9-20(10-7-18)29-16-25-15-27-29)19-8-11-22-21(13-19)28-23(31-22)12-17-4-2-1-3-5-17/h1-11,13,15-16H,12,14H2,(H,26,30). The molecule has 31 heavy (non-hydrogen) atoms. The predicted molar refractivity (Wildman–Crippen MR) is 116 cm³/mol. The van der Waals surface area contributed by atoms with Gasteiger partial charge in [-0.1, -0.05) is 42.5 Å². The van der Waals surface area contributed by atoms with E-state index in [0.29, 0.717) is 35.5 Å². The normalized spacial score (nSPS) is 11.0. The van der Waals surface area contributed by atoms with Gasteiger partial charge in [0.25, 0.3) is 5.91 Å². The van der Waals surface area contributed by atoms with Gasteiger partial charge in [-0.25, -0.2) is 14.6 Å². The molecule has 0 fully saturated rings. The van der Waals surface area contributed by atoms with E-state index in [4.69, 9.17) is 4.42 Å². The van der Waals surface area contributed by atoms with Crippen LogP contribution in [0.1, 0.15) is 27.4 Å². The summed E-state index contributed by atoms with van der Waals surface area (Å²) in [6.07, 6.45) is 3.74. The van der Waals surface area contributed by atoms with Crippen molar-refractivity contribution in [1.29, 1.82) is 0 Å². The van der Waals surface area contributed by atoms with Crippen LogP contribution < -0.4 is 5.32 Å². The maximum Gasteiger partial charge on any atom is 0.251 e. The number of nitrogens with zero attached hydrogens (tertiary/aromatic N) is 4. The summed E-state index contributed by atoms with van der Waals surface area (Å²) in [4.78, 5) is 21.1. The van der Waals surface area contributed by atoms with Gasteiger partial charge in [0.2, 0.25) is 0 Å². The molecule has 1 N–H and O–H groups in total. The first-order chi connectivity index (χ1) is 15.2. The average Bonchev–Trinajstić information content (AvgIpc) is 3.48. The van der Waals surface area contributed by atoms with E-state index in [9.17, 15) is 4.79 Å². The lowest BCUT2D eigenvalue weighted by Gasteiger charge is -2.06. The van der Waals surface area contributed by atoms with Crippen LogP contribution in [-0.4, -0.2) is 25.7 Å². The zero-order chi connectivity index (χ0) is 21.0. The summed E-state index contributed by atoms with van der Waals surface area (Å²) in [5.74, 6) is 0.473. The lowest BCUT2D eigenvalue weighted by Crippen LogP contribution is -2.22. The summed E-state index contributed by atoms with van der Waals surface area (Å²) >= 11 is 0. The molecule has 0 unspecified atom stereocenters. The summed E-state index contributed by atoms with van der Waals surface area (Å²) in [6.45, 7) is 0.423. The number of amides is 1. The molecule has 2 aromatic heterocycles. The molecule has 0 atom stereocenters. The second kappa shape index (κ2) is 8.23. The fourth-order valence-corrected chi connectivity index (χ4v) is 3.35. The number of benzene rings is 3. The number of nitrogens with one attached hydrogen (secondary N) is 1. The minimum absolute atomic E-state index is 0.158. The lowest BCUT2D eigenvalue weighted by molar-refractivity contribution is 0.0951. The van der Waals surface area contributed by atoms with E-state index >= 15 is 0 Å². The molecule has 7 nitrogen and oxygen atoms in total. The van der Waals surface area contributed by atoms with Gasteiger partial charge >= 0.3 is 0 Å². The summed E-state index contributed by atoms with van der Waals surface area (Å²) in [5, 5.41) is 7.05. The Balaban J connectivity index is 1.25. The fraction of sp³-hybridized carbons (Fsp3) is 0.0833. The second-order valence-electron chi connectivity index (χ2n) is 7.14. The van der Waals surface area contributed by atoms with Crippen LogP contribution in [0.25, 0.3) is 16.8 Å². The Bertz CT molecular complexity index is 1310. The van der Waals surface area contributed by atoms with E-state index in [0.717, 1.165) is 16.8 Å². The van der Waals surface area contributed by atoms with Gasteiger partial charge in [0.05, 0.1) is 5.69 Å². The molecule has 2 heterocycles. The minimum atomic E-state index is -0.158. The molecule has 7 heteroatoms. The molecule has 0 saturated heterocycles. The highest BCUT2D eigenvalue weighted by Gasteiger charge is 2.11. The smallest absolute Gasteiger partial charge is 0.251 e. The molecular formula is C24H19N5O2. The summed E-state index contributed by atoms with van der Waals surface area (Å²) in [5.41, 5.74) is 4.93. The Morgan fingerprint density at radius 1 is 0.968 bits per heavy atom. The number of carbonyl (C=O) groups is 1. The van der Waals surface area contributed by atoms with Crippen molar-refractivity contribution < 1.29 is 9.21 Å². The summed E-state index contributed by atoms with van der Waals surface area (Å²) in [6, 6.07) is 23.1. The molecule has 0 aliphatic heterocycles. The van der Waals surface area contributed by atoms with Crippen LogP contribution in [0.2, 0.25) is 0 Å². The predicted octanol–water partition coefficient (Wildman–Crippen LogP) is 3.93. The van der Waals surface area contributed by atoms with Crippen molar-refractivity contribution in [2.75, 3.05) is 0 Å². The van der Waals surface area contributed by atoms with Gasteiger partial charge in [-0.2, -0.15) is 5.10 Å². The highest BCUT2D eigenvalue weighted by molar-refractivity contribution is 5.97. The maximum absolute atomic E-state index is 12.6. The third-order valence-corrected chi connectivity index (χ3v) is 4.96. The molecule has 0 aliphatic rings. The monoisotopic (exact) mass is 409 g/mol. The van der Waals surface area contributed by atoms with Crippen LogP contribution in [0.4, 0.5) is 0 Å². The van der Waals surface area contributed by atoms with Gasteiger partial charge in [-0.3, -0.25) is 4.79 Å². The second-order valence-corrected chi connectivity index (χ2v) is 7.14. The number of hydrogen-bond donors (Lipinski definition) is 1. The number of aromatic nitrogens is 4. The van der Waals surface area contributed by atoms with Crippen molar-refractivity contribution in [3.8, 4) is 5.69 Å². The SMILES string of the molecule is O=C(NCc1ccc(-n2cncn2)cc1)c1ccc2oc(Cc3ccccc3)nc2c1. The van der Waals surface area contributed by atoms with Crippen LogP contribution in [0.5, 0.6) is 0 Å². The number of fused-ring (bicyclic) bond motifs is 1. The van der Waals surface area contributed by atoms with Crippen LogP contribution in [0.3, 0.4) is 0 Å². The van der Waals surface area contributed by atoms with E-state index in [-0.39, 0.29) is 5.91 Å². The van der Waals surface area contributed by atoms with E-state index in [2.05, 4.69) is 20.4 Å². The van der Waals surface area contributed by atoms with Crippen molar-refractivity contribution in [3.05, 3.63) is 108 Å². The Morgan fingerprint density at radius 3 is 2.58 bits per heavy atom. The number of carbonyl (C=O) groups excluding carboxylic acids is 1. The molecule has 152 valence electrons. The molecule has 5 aromatic rings. The van der Waals surface area contributed by atoms with Gasteiger partial charge in [-0.05, 0) is 41.5 Å². The Kier molecular flexibility index (Phi) is 4.98. The molecule has 0 saturated carbocycles. The van der Waals surface area contributed by atoms with Gasteiger partial charge in [0.15, 0.2) is 11.5 Å². The molecule has 0 bridgehead atoms. The molecule has 0 spiro atoms. The van der Waals surface area contributed by atoms with E-state index in [1.807, 2.05) is 54.6 Å². The van der Waals surface area contributed by atoms with Crippen LogP contribution in [0.15, 0.2) is 89.9 Å². The van der Waals surface area contributed by atoms with Crippen molar-refractivity contribution >= 4 is 17.0 Å². The van der Waals surface area contributed by atoms with Crippen LogP contribution >= 0.6 is 0 Å². The van der Waals surface area contributed by atoms with Crippen LogP contribution in [-0.2, 0) is 13.0 Å². The molecule has 0 aliphatic carbocycles. The minimum Gasteiger partial charge on any atom is -0.440 e. The largest absolute Gasteiger partial charge is 0.440 e. The van der Waals surface area contributed by atoms with Gasteiger partial charge in [-0.15, -0.1) is 0 Å². The topological polar surface area (TPSA) is 85.8 Å². The molecule has 3 aromatic carbocycles. The first-order valence-corrected chi connectivity index (χ1v) is 9.90. The van der Waals surface area contributed by atoms with E-state index in [1.165, 1.54) is 6.33 Å². The quantitative estimate of drug-likeness (QED) is 0.459. The zero-order valence-electron chi connectivity index (χ0n) is 16.6. The summed E-state index contributed by atoms with van der Waals surface area (Å²) in [7, 11) is 0. The third kappa shape index (κ3) is 4.20. The first kappa shape index (κ1) is 18.7. The van der Waals surface area contributed by atoms with Gasteiger partial charge in [0.1, 0.15) is 18.2 Å². The number of hydrogen-bond acceptors (Lipinski definition) is 5. The number of oxazole rings is 1. The Labute approximate surface area is 178 Å². The molecule has 1 amide bonds.